The van der Waals surface area contributed by atoms with Crippen LogP contribution in [0, 0.1) is 18.3 Å². The number of nitrogens with one attached hydrogen (secondary N) is 1. The van der Waals surface area contributed by atoms with Gasteiger partial charge in [-0.05, 0) is 30.7 Å². The Balaban J connectivity index is 1.45. The summed E-state index contributed by atoms with van der Waals surface area (Å²) in [6.07, 6.45) is 0. The molecule has 0 radical (unpaired) electrons. The van der Waals surface area contributed by atoms with Crippen molar-refractivity contribution >= 4 is 23.2 Å². The highest BCUT2D eigenvalue weighted by Gasteiger charge is 2.19. The molecule has 1 N–H and O–H groups in total. The van der Waals surface area contributed by atoms with Gasteiger partial charge in [0.25, 0.3) is 0 Å². The number of aryl methyl sites for hydroxylation is 1. The topological polar surface area (TPSA) is 59.4 Å². The summed E-state index contributed by atoms with van der Waals surface area (Å²) in [6, 6.07) is 15.5. The molecule has 0 aromatic heterocycles. The van der Waals surface area contributed by atoms with Crippen molar-refractivity contribution in [3.8, 4) is 6.07 Å². The lowest BCUT2D eigenvalue weighted by atomic mass is 10.1. The lowest BCUT2D eigenvalue weighted by Gasteiger charge is -2.34. The van der Waals surface area contributed by atoms with Gasteiger partial charge in [-0.1, -0.05) is 41.4 Å². The van der Waals surface area contributed by atoms with Crippen molar-refractivity contribution < 1.29 is 4.79 Å². The molecule has 5 nitrogen and oxygen atoms in total. The number of benzene rings is 2. The van der Waals surface area contributed by atoms with Gasteiger partial charge in [0.05, 0.1) is 17.1 Å². The molecule has 140 valence electrons. The van der Waals surface area contributed by atoms with Crippen LogP contribution in [-0.4, -0.2) is 48.4 Å². The number of hydrogen-bond donors (Lipinski definition) is 1. The SMILES string of the molecule is Cc1cccc(CN2CCN(CC(=O)Nc3ccc(C#N)c(Cl)c3)CC2)c1. The molecular weight excluding hydrogens is 360 g/mol. The van der Waals surface area contributed by atoms with Crippen LogP contribution in [-0.2, 0) is 11.3 Å². The highest BCUT2D eigenvalue weighted by atomic mass is 35.5. The molecule has 0 bridgehead atoms. The summed E-state index contributed by atoms with van der Waals surface area (Å²) >= 11 is 6.01. The second kappa shape index (κ2) is 9.01. The smallest absolute Gasteiger partial charge is 0.238 e. The van der Waals surface area contributed by atoms with Gasteiger partial charge >= 0.3 is 0 Å². The molecule has 1 heterocycles. The van der Waals surface area contributed by atoms with Crippen LogP contribution in [0.15, 0.2) is 42.5 Å². The number of halogens is 1. The standard InChI is InChI=1S/C21H23ClN4O/c1-16-3-2-4-17(11-16)14-25-7-9-26(10-8-25)15-21(27)24-19-6-5-18(13-23)20(22)12-19/h2-6,11-12H,7-10,14-15H2,1H3,(H,24,27). The molecule has 6 heteroatoms. The van der Waals surface area contributed by atoms with Crippen LogP contribution in [0.2, 0.25) is 5.02 Å². The van der Waals surface area contributed by atoms with Crippen LogP contribution >= 0.6 is 11.6 Å². The number of carbonyl (C=O) groups is 1. The number of nitriles is 1. The van der Waals surface area contributed by atoms with E-state index in [1.165, 1.54) is 11.1 Å². The van der Waals surface area contributed by atoms with Gasteiger partial charge in [0.15, 0.2) is 0 Å². The van der Waals surface area contributed by atoms with Gasteiger partial charge in [0.2, 0.25) is 5.91 Å². The van der Waals surface area contributed by atoms with E-state index in [-0.39, 0.29) is 5.91 Å². The summed E-state index contributed by atoms with van der Waals surface area (Å²) in [4.78, 5) is 16.9. The van der Waals surface area contributed by atoms with Crippen molar-refractivity contribution in [2.45, 2.75) is 13.5 Å². The summed E-state index contributed by atoms with van der Waals surface area (Å²) in [7, 11) is 0. The number of anilines is 1. The largest absolute Gasteiger partial charge is 0.325 e. The zero-order valence-electron chi connectivity index (χ0n) is 15.4. The number of hydrogen-bond acceptors (Lipinski definition) is 4. The second-order valence-electron chi connectivity index (χ2n) is 6.90. The third kappa shape index (κ3) is 5.54. The molecule has 1 fully saturated rings. The summed E-state index contributed by atoms with van der Waals surface area (Å²) in [5.41, 5.74) is 3.63. The van der Waals surface area contributed by atoms with Gasteiger partial charge in [-0.3, -0.25) is 14.6 Å². The fourth-order valence-corrected chi connectivity index (χ4v) is 3.48. The molecule has 0 spiro atoms. The molecule has 0 saturated carbocycles. The van der Waals surface area contributed by atoms with E-state index in [0.717, 1.165) is 32.7 Å². The Morgan fingerprint density at radius 2 is 1.89 bits per heavy atom. The fourth-order valence-electron chi connectivity index (χ4n) is 3.26. The van der Waals surface area contributed by atoms with E-state index < -0.39 is 0 Å². The number of carbonyl (C=O) groups excluding carboxylic acids is 1. The number of amides is 1. The van der Waals surface area contributed by atoms with Crippen LogP contribution in [0.3, 0.4) is 0 Å². The first kappa shape index (κ1) is 19.4. The minimum Gasteiger partial charge on any atom is -0.325 e. The molecule has 1 amide bonds. The summed E-state index contributed by atoms with van der Waals surface area (Å²) < 4.78 is 0. The maximum atomic E-state index is 12.3. The highest BCUT2D eigenvalue weighted by molar-refractivity contribution is 6.32. The van der Waals surface area contributed by atoms with Crippen molar-refractivity contribution in [2.75, 3.05) is 38.0 Å². The minimum atomic E-state index is -0.0668. The van der Waals surface area contributed by atoms with Crippen LogP contribution in [0.4, 0.5) is 5.69 Å². The first-order valence-corrected chi connectivity index (χ1v) is 9.41. The van der Waals surface area contributed by atoms with Gasteiger partial charge in [0, 0.05) is 38.4 Å². The Labute approximate surface area is 165 Å². The van der Waals surface area contributed by atoms with Gasteiger partial charge in [-0.15, -0.1) is 0 Å². The molecule has 1 saturated heterocycles. The maximum Gasteiger partial charge on any atom is 0.238 e. The van der Waals surface area contributed by atoms with Crippen molar-refractivity contribution in [2.24, 2.45) is 0 Å². The first-order chi connectivity index (χ1) is 13.0. The Hall–Kier alpha value is -2.39. The molecule has 0 aliphatic carbocycles. The average molecular weight is 383 g/mol. The minimum absolute atomic E-state index is 0.0668. The summed E-state index contributed by atoms with van der Waals surface area (Å²) in [5.74, 6) is -0.0668. The molecule has 0 unspecified atom stereocenters. The quantitative estimate of drug-likeness (QED) is 0.862. The molecule has 1 aliphatic heterocycles. The predicted octanol–water partition coefficient (Wildman–Crippen LogP) is 3.28. The predicted molar refractivity (Wildman–Crippen MR) is 108 cm³/mol. The van der Waals surface area contributed by atoms with E-state index in [1.807, 2.05) is 6.07 Å². The molecule has 2 aromatic carbocycles. The van der Waals surface area contributed by atoms with E-state index in [4.69, 9.17) is 16.9 Å². The molecule has 27 heavy (non-hydrogen) atoms. The van der Waals surface area contributed by atoms with Crippen LogP contribution in [0.5, 0.6) is 0 Å². The first-order valence-electron chi connectivity index (χ1n) is 9.03. The second-order valence-corrected chi connectivity index (χ2v) is 7.30. The number of rotatable bonds is 5. The van der Waals surface area contributed by atoms with Gasteiger partial charge < -0.3 is 5.32 Å². The van der Waals surface area contributed by atoms with Crippen molar-refractivity contribution in [1.29, 1.82) is 5.26 Å². The lowest BCUT2D eigenvalue weighted by molar-refractivity contribution is -0.117. The Bertz CT molecular complexity index is 854. The molecular formula is C21H23ClN4O. The molecule has 2 aromatic rings. The van der Waals surface area contributed by atoms with Crippen LogP contribution in [0.25, 0.3) is 0 Å². The Morgan fingerprint density at radius 1 is 1.15 bits per heavy atom. The van der Waals surface area contributed by atoms with E-state index in [1.54, 1.807) is 18.2 Å². The van der Waals surface area contributed by atoms with Crippen molar-refractivity contribution in [3.05, 3.63) is 64.2 Å². The zero-order chi connectivity index (χ0) is 19.2. The number of nitrogens with zero attached hydrogens (tertiary/aromatic N) is 3. The fraction of sp³-hybridized carbons (Fsp3) is 0.333. The van der Waals surface area contributed by atoms with Crippen molar-refractivity contribution in [3.63, 3.8) is 0 Å². The van der Waals surface area contributed by atoms with Crippen LogP contribution in [0.1, 0.15) is 16.7 Å². The Morgan fingerprint density at radius 3 is 2.56 bits per heavy atom. The maximum absolute atomic E-state index is 12.3. The normalized spacial score (nSPS) is 15.3. The van der Waals surface area contributed by atoms with E-state index >= 15 is 0 Å². The van der Waals surface area contributed by atoms with Gasteiger partial charge in [-0.25, -0.2) is 0 Å². The number of piperazine rings is 1. The van der Waals surface area contributed by atoms with E-state index in [9.17, 15) is 4.79 Å². The molecule has 1 aliphatic rings. The third-order valence-electron chi connectivity index (χ3n) is 4.69. The lowest BCUT2D eigenvalue weighted by Crippen LogP contribution is -2.48. The van der Waals surface area contributed by atoms with E-state index in [2.05, 4.69) is 46.3 Å². The van der Waals surface area contributed by atoms with Crippen LogP contribution < -0.4 is 5.32 Å². The van der Waals surface area contributed by atoms with Gasteiger partial charge in [-0.2, -0.15) is 5.26 Å². The van der Waals surface area contributed by atoms with Gasteiger partial charge in [0.1, 0.15) is 6.07 Å². The zero-order valence-corrected chi connectivity index (χ0v) is 16.2. The summed E-state index contributed by atoms with van der Waals surface area (Å²) in [5, 5.41) is 12.1. The van der Waals surface area contributed by atoms with E-state index in [0.29, 0.717) is 22.8 Å². The highest BCUT2D eigenvalue weighted by Crippen LogP contribution is 2.20. The monoisotopic (exact) mass is 382 g/mol. The summed E-state index contributed by atoms with van der Waals surface area (Å²) in [6.45, 7) is 7.05. The molecule has 0 atom stereocenters. The van der Waals surface area contributed by atoms with Crippen molar-refractivity contribution in [1.82, 2.24) is 9.80 Å². The average Bonchev–Trinajstić information content (AvgIpc) is 2.63. The Kier molecular flexibility index (Phi) is 6.46. The molecule has 3 rings (SSSR count). The third-order valence-corrected chi connectivity index (χ3v) is 5.01.